The largest absolute Gasteiger partial charge is 0.480 e. The minimum Gasteiger partial charge on any atom is -0.480 e. The summed E-state index contributed by atoms with van der Waals surface area (Å²) in [6, 6.07) is -0.506. The standard InChI is InChI=1S/C15H27N3O3/c1-10(2)13(15(20)21)17-14(19)12-4-3-9-18(12)11-5-7-16-8-6-11/h10-13,16H,3-9H2,1-2H3,(H,17,19)(H,20,21)/t12?,13-/m0/s1. The van der Waals surface area contributed by atoms with E-state index in [2.05, 4.69) is 15.5 Å². The molecule has 0 aromatic rings. The van der Waals surface area contributed by atoms with Crippen molar-refractivity contribution in [3.05, 3.63) is 0 Å². The average molecular weight is 297 g/mol. The quantitative estimate of drug-likeness (QED) is 0.685. The van der Waals surface area contributed by atoms with E-state index >= 15 is 0 Å². The van der Waals surface area contributed by atoms with Crippen LogP contribution in [0.1, 0.15) is 39.5 Å². The van der Waals surface area contributed by atoms with Crippen LogP contribution in [0.4, 0.5) is 0 Å². The maximum Gasteiger partial charge on any atom is 0.326 e. The molecule has 0 radical (unpaired) electrons. The fraction of sp³-hybridized carbons (Fsp3) is 0.867. The first-order chi connectivity index (χ1) is 10.0. The number of carboxylic acid groups (broad SMARTS) is 1. The van der Waals surface area contributed by atoms with Crippen LogP contribution >= 0.6 is 0 Å². The van der Waals surface area contributed by atoms with Gasteiger partial charge in [0.05, 0.1) is 6.04 Å². The zero-order valence-corrected chi connectivity index (χ0v) is 13.0. The van der Waals surface area contributed by atoms with Crippen molar-refractivity contribution in [3.8, 4) is 0 Å². The molecule has 2 rings (SSSR count). The number of aliphatic carboxylic acids is 1. The lowest BCUT2D eigenvalue weighted by molar-refractivity contribution is -0.144. The van der Waals surface area contributed by atoms with E-state index in [0.717, 1.165) is 45.3 Å². The summed E-state index contributed by atoms with van der Waals surface area (Å²) in [5.41, 5.74) is 0. The third kappa shape index (κ3) is 3.95. The van der Waals surface area contributed by atoms with Gasteiger partial charge in [0.25, 0.3) is 0 Å². The molecular weight excluding hydrogens is 270 g/mol. The third-order valence-corrected chi connectivity index (χ3v) is 4.61. The van der Waals surface area contributed by atoms with E-state index in [1.165, 1.54) is 0 Å². The first-order valence-corrected chi connectivity index (χ1v) is 8.00. The number of likely N-dealkylation sites (tertiary alicyclic amines) is 1. The summed E-state index contributed by atoms with van der Waals surface area (Å²) in [5.74, 6) is -1.18. The number of hydrogen-bond donors (Lipinski definition) is 3. The summed E-state index contributed by atoms with van der Waals surface area (Å²) < 4.78 is 0. The number of carbonyl (C=O) groups excluding carboxylic acids is 1. The van der Waals surface area contributed by atoms with E-state index in [-0.39, 0.29) is 17.9 Å². The second-order valence-electron chi connectivity index (χ2n) is 6.45. The maximum absolute atomic E-state index is 12.5. The average Bonchev–Trinajstić information content (AvgIpc) is 2.94. The van der Waals surface area contributed by atoms with Crippen LogP contribution in [0.25, 0.3) is 0 Å². The summed E-state index contributed by atoms with van der Waals surface area (Å²) >= 11 is 0. The molecule has 3 N–H and O–H groups in total. The van der Waals surface area contributed by atoms with E-state index in [0.29, 0.717) is 6.04 Å². The lowest BCUT2D eigenvalue weighted by atomic mass is 10.0. The Kier molecular flexibility index (Phi) is 5.58. The second-order valence-corrected chi connectivity index (χ2v) is 6.45. The number of carbonyl (C=O) groups is 2. The summed E-state index contributed by atoms with van der Waals surface area (Å²) in [5, 5.41) is 15.3. The molecule has 2 saturated heterocycles. The molecule has 6 heteroatoms. The predicted octanol–water partition coefficient (Wildman–Crippen LogP) is 0.428. The second kappa shape index (κ2) is 7.22. The zero-order valence-electron chi connectivity index (χ0n) is 13.0. The molecular formula is C15H27N3O3. The summed E-state index contributed by atoms with van der Waals surface area (Å²) in [6.07, 6.45) is 3.98. The third-order valence-electron chi connectivity index (χ3n) is 4.61. The highest BCUT2D eigenvalue weighted by molar-refractivity contribution is 5.87. The van der Waals surface area contributed by atoms with Crippen molar-refractivity contribution in [2.45, 2.75) is 57.7 Å². The Morgan fingerprint density at radius 2 is 1.90 bits per heavy atom. The Hall–Kier alpha value is -1.14. The first kappa shape index (κ1) is 16.2. The van der Waals surface area contributed by atoms with Crippen molar-refractivity contribution in [3.63, 3.8) is 0 Å². The smallest absolute Gasteiger partial charge is 0.326 e. The van der Waals surface area contributed by atoms with Crippen LogP contribution in [-0.2, 0) is 9.59 Å². The van der Waals surface area contributed by atoms with Gasteiger partial charge >= 0.3 is 5.97 Å². The van der Waals surface area contributed by atoms with Crippen LogP contribution in [-0.4, -0.2) is 59.6 Å². The van der Waals surface area contributed by atoms with Gasteiger partial charge in [0, 0.05) is 6.04 Å². The number of hydrogen-bond acceptors (Lipinski definition) is 4. The Balaban J connectivity index is 1.98. The molecule has 120 valence electrons. The van der Waals surface area contributed by atoms with Gasteiger partial charge < -0.3 is 15.7 Å². The molecule has 2 aliphatic rings. The Labute approximate surface area is 126 Å². The van der Waals surface area contributed by atoms with E-state index in [1.807, 2.05) is 13.8 Å². The zero-order chi connectivity index (χ0) is 15.4. The van der Waals surface area contributed by atoms with Crippen LogP contribution in [0.15, 0.2) is 0 Å². The van der Waals surface area contributed by atoms with Gasteiger partial charge in [-0.05, 0) is 51.2 Å². The predicted molar refractivity (Wildman–Crippen MR) is 80.0 cm³/mol. The Bertz CT molecular complexity index is 380. The van der Waals surface area contributed by atoms with Gasteiger partial charge in [0.2, 0.25) is 5.91 Å². The monoisotopic (exact) mass is 297 g/mol. The minimum atomic E-state index is -0.954. The van der Waals surface area contributed by atoms with E-state index < -0.39 is 12.0 Å². The SMILES string of the molecule is CC(C)[C@H](NC(=O)C1CCCN1C1CCNCC1)C(=O)O. The highest BCUT2D eigenvalue weighted by Gasteiger charge is 2.37. The minimum absolute atomic E-state index is 0.111. The van der Waals surface area contributed by atoms with Gasteiger partial charge in [0.1, 0.15) is 6.04 Å². The van der Waals surface area contributed by atoms with E-state index in [1.54, 1.807) is 0 Å². The normalized spacial score (nSPS) is 26.0. The summed E-state index contributed by atoms with van der Waals surface area (Å²) in [7, 11) is 0. The molecule has 1 amide bonds. The van der Waals surface area contributed by atoms with Gasteiger partial charge in [0.15, 0.2) is 0 Å². The molecule has 6 nitrogen and oxygen atoms in total. The van der Waals surface area contributed by atoms with Crippen molar-refractivity contribution < 1.29 is 14.7 Å². The molecule has 1 unspecified atom stereocenters. The fourth-order valence-corrected chi connectivity index (χ4v) is 3.41. The van der Waals surface area contributed by atoms with Gasteiger partial charge in [-0.2, -0.15) is 0 Å². The van der Waals surface area contributed by atoms with E-state index in [4.69, 9.17) is 0 Å². The van der Waals surface area contributed by atoms with Gasteiger partial charge in [-0.3, -0.25) is 9.69 Å². The number of rotatable bonds is 5. The topological polar surface area (TPSA) is 81.7 Å². The fourth-order valence-electron chi connectivity index (χ4n) is 3.41. The number of piperidine rings is 1. The summed E-state index contributed by atoms with van der Waals surface area (Å²) in [4.78, 5) is 26.0. The van der Waals surface area contributed by atoms with Gasteiger partial charge in [-0.15, -0.1) is 0 Å². The Morgan fingerprint density at radius 1 is 1.24 bits per heavy atom. The van der Waals surface area contributed by atoms with Crippen LogP contribution in [0.3, 0.4) is 0 Å². The van der Waals surface area contributed by atoms with Gasteiger partial charge in [-0.25, -0.2) is 4.79 Å². The molecule has 0 aliphatic carbocycles. The number of nitrogens with zero attached hydrogens (tertiary/aromatic N) is 1. The number of carboxylic acids is 1. The lowest BCUT2D eigenvalue weighted by Crippen LogP contribution is -2.54. The number of nitrogens with one attached hydrogen (secondary N) is 2. The highest BCUT2D eigenvalue weighted by atomic mass is 16.4. The van der Waals surface area contributed by atoms with E-state index in [9.17, 15) is 14.7 Å². The Morgan fingerprint density at radius 3 is 2.48 bits per heavy atom. The molecule has 2 atom stereocenters. The maximum atomic E-state index is 12.5. The van der Waals surface area contributed by atoms with Crippen LogP contribution in [0.5, 0.6) is 0 Å². The van der Waals surface area contributed by atoms with Crippen LogP contribution in [0.2, 0.25) is 0 Å². The first-order valence-electron chi connectivity index (χ1n) is 8.00. The number of amides is 1. The van der Waals surface area contributed by atoms with Gasteiger partial charge in [-0.1, -0.05) is 13.8 Å². The lowest BCUT2D eigenvalue weighted by Gasteiger charge is -2.35. The molecule has 2 fully saturated rings. The van der Waals surface area contributed by atoms with Crippen molar-refractivity contribution in [1.29, 1.82) is 0 Å². The molecule has 0 saturated carbocycles. The summed E-state index contributed by atoms with van der Waals surface area (Å²) in [6.45, 7) is 6.58. The molecule has 0 bridgehead atoms. The molecule has 0 aromatic carbocycles. The van der Waals surface area contributed by atoms with Crippen LogP contribution in [0, 0.1) is 5.92 Å². The molecule has 0 aromatic heterocycles. The molecule has 0 spiro atoms. The van der Waals surface area contributed by atoms with Crippen molar-refractivity contribution in [1.82, 2.24) is 15.5 Å². The molecule has 21 heavy (non-hydrogen) atoms. The molecule has 2 aliphatic heterocycles. The van der Waals surface area contributed by atoms with Crippen molar-refractivity contribution >= 4 is 11.9 Å². The van der Waals surface area contributed by atoms with Crippen molar-refractivity contribution in [2.24, 2.45) is 5.92 Å². The highest BCUT2D eigenvalue weighted by Crippen LogP contribution is 2.24. The molecule has 2 heterocycles. The van der Waals surface area contributed by atoms with Crippen LogP contribution < -0.4 is 10.6 Å². The van der Waals surface area contributed by atoms with Crippen molar-refractivity contribution in [2.75, 3.05) is 19.6 Å².